The Morgan fingerprint density at radius 1 is 1.13 bits per heavy atom. The fraction of sp³-hybridized carbons (Fsp3) is 0.0625. The van der Waals surface area contributed by atoms with E-state index in [0.717, 1.165) is 17.5 Å². The van der Waals surface area contributed by atoms with Gasteiger partial charge in [0, 0.05) is 43.5 Å². The van der Waals surface area contributed by atoms with Gasteiger partial charge in [0.25, 0.3) is 0 Å². The molecule has 0 aliphatic rings. The van der Waals surface area contributed by atoms with Crippen LogP contribution >= 0.6 is 0 Å². The maximum Gasteiger partial charge on any atom is 0.416 e. The number of hydrogen-bond donors (Lipinski definition) is 0. The number of nitrogens with zero attached hydrogens (tertiary/aromatic N) is 2. The molecule has 0 spiro atoms. The van der Waals surface area contributed by atoms with Crippen molar-refractivity contribution in [1.82, 2.24) is 9.78 Å². The summed E-state index contributed by atoms with van der Waals surface area (Å²) in [5.41, 5.74) is 0.481. The first-order chi connectivity index (χ1) is 10.5. The molecule has 2 aromatic heterocycles. The molecule has 3 nitrogen and oxygen atoms in total. The van der Waals surface area contributed by atoms with Crippen molar-refractivity contribution in [2.75, 3.05) is 0 Å². The van der Waals surface area contributed by atoms with Crippen LogP contribution in [-0.4, -0.2) is 9.78 Å². The molecule has 0 fully saturated rings. The maximum absolute atomic E-state index is 12.8. The predicted molar refractivity (Wildman–Crippen MR) is 74.7 cm³/mol. The molecule has 2 aromatic carbocycles. The van der Waals surface area contributed by atoms with E-state index in [9.17, 15) is 13.2 Å². The molecule has 0 aliphatic carbocycles. The zero-order valence-corrected chi connectivity index (χ0v) is 13.8. The van der Waals surface area contributed by atoms with E-state index in [1.54, 1.807) is 35.3 Å². The number of furan rings is 1. The molecule has 0 amide bonds. The van der Waals surface area contributed by atoms with Crippen LogP contribution in [0.1, 0.15) is 5.56 Å². The van der Waals surface area contributed by atoms with Crippen LogP contribution in [0, 0.1) is 6.07 Å². The monoisotopic (exact) mass is 494 g/mol. The van der Waals surface area contributed by atoms with Gasteiger partial charge in [0.2, 0.25) is 0 Å². The van der Waals surface area contributed by atoms with Gasteiger partial charge in [-0.2, -0.15) is 36.5 Å². The van der Waals surface area contributed by atoms with E-state index in [4.69, 9.17) is 4.42 Å². The number of fused-ring (bicyclic) bond motifs is 3. The molecule has 0 bridgehead atoms. The van der Waals surface area contributed by atoms with Crippen LogP contribution in [0.2, 0.25) is 0 Å². The summed E-state index contributed by atoms with van der Waals surface area (Å²) in [4.78, 5) is 0. The van der Waals surface area contributed by atoms with Gasteiger partial charge in [-0.05, 0) is 23.9 Å². The Balaban J connectivity index is 0.00000156. The zero-order chi connectivity index (χ0) is 15.3. The van der Waals surface area contributed by atoms with E-state index in [-0.39, 0.29) is 25.7 Å². The second-order valence-electron chi connectivity index (χ2n) is 4.83. The Morgan fingerprint density at radius 2 is 1.96 bits per heavy atom. The minimum atomic E-state index is -4.40. The molecule has 2 heterocycles. The third kappa shape index (κ3) is 2.56. The summed E-state index contributed by atoms with van der Waals surface area (Å²) in [6, 6.07) is 11.7. The SMILES string of the molecule is FC(F)(F)c1ccc2c(c1)oc1c(-n3cccn3)[c-]ccc12.[Ir]. The average Bonchev–Trinajstić information content (AvgIpc) is 3.12. The Labute approximate surface area is 142 Å². The van der Waals surface area contributed by atoms with E-state index in [2.05, 4.69) is 11.2 Å². The van der Waals surface area contributed by atoms with Crippen molar-refractivity contribution in [3.05, 3.63) is 60.4 Å². The maximum atomic E-state index is 12.8. The van der Waals surface area contributed by atoms with Crippen LogP contribution in [0.25, 0.3) is 27.6 Å². The van der Waals surface area contributed by atoms with Gasteiger partial charge in [0.15, 0.2) is 0 Å². The molecule has 0 saturated heterocycles. The minimum Gasteiger partial charge on any atom is -0.513 e. The van der Waals surface area contributed by atoms with Gasteiger partial charge in [-0.15, -0.1) is 0 Å². The van der Waals surface area contributed by atoms with E-state index < -0.39 is 11.7 Å². The topological polar surface area (TPSA) is 31.0 Å². The first-order valence-corrected chi connectivity index (χ1v) is 6.48. The van der Waals surface area contributed by atoms with Crippen molar-refractivity contribution in [3.63, 3.8) is 0 Å². The van der Waals surface area contributed by atoms with Crippen LogP contribution in [-0.2, 0) is 26.3 Å². The molecule has 119 valence electrons. The van der Waals surface area contributed by atoms with Crippen molar-refractivity contribution < 1.29 is 37.7 Å². The molecule has 4 rings (SSSR count). The molecule has 0 aliphatic heterocycles. The second-order valence-corrected chi connectivity index (χ2v) is 4.83. The summed E-state index contributed by atoms with van der Waals surface area (Å²) in [5, 5.41) is 5.47. The molecule has 4 aromatic rings. The Hall–Kier alpha value is -2.11. The van der Waals surface area contributed by atoms with Crippen LogP contribution in [0.15, 0.2) is 53.2 Å². The van der Waals surface area contributed by atoms with Crippen molar-refractivity contribution in [1.29, 1.82) is 0 Å². The molecule has 1 radical (unpaired) electrons. The molecule has 0 unspecified atom stereocenters. The van der Waals surface area contributed by atoms with Crippen molar-refractivity contribution in [2.24, 2.45) is 0 Å². The fourth-order valence-corrected chi connectivity index (χ4v) is 2.47. The summed E-state index contributed by atoms with van der Waals surface area (Å²) in [6.45, 7) is 0. The summed E-state index contributed by atoms with van der Waals surface area (Å²) < 4.78 is 45.7. The van der Waals surface area contributed by atoms with Gasteiger partial charge in [-0.3, -0.25) is 4.68 Å². The second kappa shape index (κ2) is 5.51. The van der Waals surface area contributed by atoms with Crippen molar-refractivity contribution in [3.8, 4) is 5.69 Å². The van der Waals surface area contributed by atoms with Crippen molar-refractivity contribution in [2.45, 2.75) is 6.18 Å². The molecule has 7 heteroatoms. The third-order valence-electron chi connectivity index (χ3n) is 3.47. The number of halogens is 3. The van der Waals surface area contributed by atoms with Crippen LogP contribution in [0.4, 0.5) is 13.2 Å². The largest absolute Gasteiger partial charge is 0.513 e. The van der Waals surface area contributed by atoms with Gasteiger partial charge >= 0.3 is 6.18 Å². The minimum absolute atomic E-state index is 0. The normalized spacial score (nSPS) is 11.8. The Bertz CT molecular complexity index is 974. The van der Waals surface area contributed by atoms with E-state index in [1.807, 2.05) is 0 Å². The number of hydrogen-bond acceptors (Lipinski definition) is 2. The van der Waals surface area contributed by atoms with Crippen LogP contribution in [0.3, 0.4) is 0 Å². The predicted octanol–water partition coefficient (Wildman–Crippen LogP) is 4.59. The number of rotatable bonds is 1. The van der Waals surface area contributed by atoms with Gasteiger partial charge in [0.05, 0.1) is 5.56 Å². The average molecular weight is 493 g/mol. The van der Waals surface area contributed by atoms with E-state index >= 15 is 0 Å². The van der Waals surface area contributed by atoms with Gasteiger partial charge in [-0.1, -0.05) is 11.5 Å². The zero-order valence-electron chi connectivity index (χ0n) is 11.4. The van der Waals surface area contributed by atoms with Crippen LogP contribution < -0.4 is 0 Å². The molecule has 0 saturated carbocycles. The van der Waals surface area contributed by atoms with Gasteiger partial charge in [0.1, 0.15) is 5.58 Å². The van der Waals surface area contributed by atoms with E-state index in [1.165, 1.54) is 6.07 Å². The van der Waals surface area contributed by atoms with Gasteiger partial charge in [-0.25, -0.2) is 0 Å². The van der Waals surface area contributed by atoms with Crippen molar-refractivity contribution >= 4 is 21.9 Å². The molecular formula is C16H8F3IrN2O-. The standard InChI is InChI=1S/C16H8F3N2O.Ir/c17-16(18,19)10-5-6-11-12-3-1-4-13(21-8-2-7-20-21)15(12)22-14(11)9-10;/h1-3,5-9H;/q-1;. The fourth-order valence-electron chi connectivity index (χ4n) is 2.47. The molecule has 0 atom stereocenters. The molecule has 0 N–H and O–H groups in total. The van der Waals surface area contributed by atoms with Crippen LogP contribution in [0.5, 0.6) is 0 Å². The first kappa shape index (κ1) is 15.8. The number of aromatic nitrogens is 2. The Kier molecular flexibility index (Phi) is 3.78. The Morgan fingerprint density at radius 3 is 2.65 bits per heavy atom. The summed E-state index contributed by atoms with van der Waals surface area (Å²) in [7, 11) is 0. The molecular weight excluding hydrogens is 485 g/mol. The quantitative estimate of drug-likeness (QED) is 0.364. The van der Waals surface area contributed by atoms with Gasteiger partial charge < -0.3 is 4.42 Å². The molecule has 23 heavy (non-hydrogen) atoms. The third-order valence-corrected chi connectivity index (χ3v) is 3.47. The summed E-state index contributed by atoms with van der Waals surface area (Å²) in [6.07, 6.45) is -1.07. The van der Waals surface area contributed by atoms with E-state index in [0.29, 0.717) is 16.7 Å². The number of alkyl halides is 3. The summed E-state index contributed by atoms with van der Waals surface area (Å²) in [5.74, 6) is 0. The number of benzene rings is 2. The first-order valence-electron chi connectivity index (χ1n) is 6.48. The summed E-state index contributed by atoms with van der Waals surface area (Å²) >= 11 is 0. The smallest absolute Gasteiger partial charge is 0.416 e.